The van der Waals surface area contributed by atoms with Crippen LogP contribution in [-0.2, 0) is 6.54 Å². The summed E-state index contributed by atoms with van der Waals surface area (Å²) in [4.78, 5) is 0. The fraction of sp³-hybridized carbons (Fsp3) is 0.125. The summed E-state index contributed by atoms with van der Waals surface area (Å²) in [6.45, 7) is 0.740. The first-order valence-corrected chi connectivity index (χ1v) is 7.69. The van der Waals surface area contributed by atoms with Crippen LogP contribution in [0.4, 0.5) is 5.69 Å². The number of hydrogen-bond donors (Lipinski definition) is 1. The lowest BCUT2D eigenvalue weighted by molar-refractivity contribution is 0.366. The van der Waals surface area contributed by atoms with Crippen molar-refractivity contribution in [3.63, 3.8) is 0 Å². The molecule has 0 saturated carbocycles. The molecule has 0 unspecified atom stereocenters. The molecule has 0 aliphatic carbocycles. The second-order valence-corrected chi connectivity index (χ2v) is 5.93. The van der Waals surface area contributed by atoms with Crippen molar-refractivity contribution in [2.75, 3.05) is 11.9 Å². The number of terminal acetylenes is 1. The molecule has 2 aromatic rings. The Morgan fingerprint density at radius 2 is 1.90 bits per heavy atom. The monoisotopic (exact) mass is 383 g/mol. The molecule has 0 radical (unpaired) electrons. The molecule has 0 aliphatic rings. The van der Waals surface area contributed by atoms with Crippen LogP contribution in [0.2, 0.25) is 10.0 Å². The van der Waals surface area contributed by atoms with Gasteiger partial charge in [0.25, 0.3) is 0 Å². The highest BCUT2D eigenvalue weighted by Gasteiger charge is 2.08. The standard InChI is InChI=1S/C16H12BrCl2NO/c1-2-8-21-15-7-6-12(17)9-11(15)10-20-16-13(18)4-3-5-14(16)19/h1,3-7,9,20H,8,10H2. The topological polar surface area (TPSA) is 21.3 Å². The minimum Gasteiger partial charge on any atom is -0.481 e. The van der Waals surface area contributed by atoms with E-state index in [0.717, 1.165) is 15.8 Å². The third kappa shape index (κ3) is 4.31. The first-order chi connectivity index (χ1) is 10.1. The number of nitrogens with one attached hydrogen (secondary N) is 1. The summed E-state index contributed by atoms with van der Waals surface area (Å²) >= 11 is 15.7. The van der Waals surface area contributed by atoms with Crippen LogP contribution in [0.25, 0.3) is 0 Å². The SMILES string of the molecule is C#CCOc1ccc(Br)cc1CNc1c(Cl)cccc1Cl. The van der Waals surface area contributed by atoms with Gasteiger partial charge < -0.3 is 10.1 Å². The van der Waals surface area contributed by atoms with Crippen LogP contribution in [0.3, 0.4) is 0 Å². The molecule has 1 N–H and O–H groups in total. The summed E-state index contributed by atoms with van der Waals surface area (Å²) in [5, 5.41) is 4.37. The van der Waals surface area contributed by atoms with Crippen molar-refractivity contribution < 1.29 is 4.74 Å². The van der Waals surface area contributed by atoms with E-state index in [2.05, 4.69) is 27.2 Å². The molecule has 21 heavy (non-hydrogen) atoms. The second-order valence-electron chi connectivity index (χ2n) is 4.20. The summed E-state index contributed by atoms with van der Waals surface area (Å²) < 4.78 is 6.48. The van der Waals surface area contributed by atoms with Gasteiger partial charge in [-0.2, -0.15) is 0 Å². The summed E-state index contributed by atoms with van der Waals surface area (Å²) in [6.07, 6.45) is 5.23. The summed E-state index contributed by atoms with van der Waals surface area (Å²) in [6, 6.07) is 11.1. The van der Waals surface area contributed by atoms with Crippen molar-refractivity contribution >= 4 is 44.8 Å². The molecule has 0 fully saturated rings. The molecule has 2 aromatic carbocycles. The maximum atomic E-state index is 6.14. The van der Waals surface area contributed by atoms with E-state index in [1.54, 1.807) is 18.2 Å². The van der Waals surface area contributed by atoms with Crippen LogP contribution in [0.1, 0.15) is 5.56 Å². The Labute approximate surface area is 142 Å². The smallest absolute Gasteiger partial charge is 0.148 e. The Morgan fingerprint density at radius 1 is 1.19 bits per heavy atom. The minimum absolute atomic E-state index is 0.224. The van der Waals surface area contributed by atoms with E-state index in [1.165, 1.54) is 0 Å². The normalized spacial score (nSPS) is 10.0. The fourth-order valence-electron chi connectivity index (χ4n) is 1.80. The Hall–Kier alpha value is -1.34. The van der Waals surface area contributed by atoms with Crippen LogP contribution in [-0.4, -0.2) is 6.61 Å². The van der Waals surface area contributed by atoms with Crippen molar-refractivity contribution in [3.05, 3.63) is 56.5 Å². The zero-order valence-corrected chi connectivity index (χ0v) is 14.1. The quantitative estimate of drug-likeness (QED) is 0.698. The van der Waals surface area contributed by atoms with Gasteiger partial charge in [0.15, 0.2) is 0 Å². The number of para-hydroxylation sites is 1. The van der Waals surface area contributed by atoms with Crippen LogP contribution < -0.4 is 10.1 Å². The summed E-state index contributed by atoms with van der Waals surface area (Å²) in [7, 11) is 0. The Bertz CT molecular complexity index is 662. The van der Waals surface area contributed by atoms with Crippen LogP contribution in [0.5, 0.6) is 5.75 Å². The third-order valence-electron chi connectivity index (χ3n) is 2.75. The molecule has 0 bridgehead atoms. The maximum Gasteiger partial charge on any atom is 0.148 e. The second kappa shape index (κ2) is 7.61. The highest BCUT2D eigenvalue weighted by Crippen LogP contribution is 2.31. The van der Waals surface area contributed by atoms with Crippen molar-refractivity contribution in [3.8, 4) is 18.1 Å². The first-order valence-electron chi connectivity index (χ1n) is 6.14. The van der Waals surface area contributed by atoms with E-state index >= 15 is 0 Å². The molecule has 2 rings (SSSR count). The van der Waals surface area contributed by atoms with E-state index in [9.17, 15) is 0 Å². The molecule has 0 spiro atoms. The van der Waals surface area contributed by atoms with Crippen LogP contribution in [0, 0.1) is 12.3 Å². The molecule has 0 heterocycles. The fourth-order valence-corrected chi connectivity index (χ4v) is 2.74. The van der Waals surface area contributed by atoms with E-state index in [4.69, 9.17) is 34.4 Å². The molecule has 0 aromatic heterocycles. The molecule has 5 heteroatoms. The lowest BCUT2D eigenvalue weighted by atomic mass is 10.2. The van der Waals surface area contributed by atoms with Crippen LogP contribution >= 0.6 is 39.1 Å². The number of benzene rings is 2. The zero-order valence-electron chi connectivity index (χ0n) is 11.0. The number of anilines is 1. The molecule has 0 amide bonds. The maximum absolute atomic E-state index is 6.14. The lowest BCUT2D eigenvalue weighted by Crippen LogP contribution is -2.04. The average molecular weight is 385 g/mol. The van der Waals surface area contributed by atoms with Crippen molar-refractivity contribution in [2.45, 2.75) is 6.54 Å². The van der Waals surface area contributed by atoms with E-state index < -0.39 is 0 Å². The Balaban J connectivity index is 2.19. The van der Waals surface area contributed by atoms with Gasteiger partial charge in [0.1, 0.15) is 12.4 Å². The number of rotatable bonds is 5. The number of halogens is 3. The van der Waals surface area contributed by atoms with Gasteiger partial charge in [-0.25, -0.2) is 0 Å². The van der Waals surface area contributed by atoms with Gasteiger partial charge in [0.2, 0.25) is 0 Å². The van der Waals surface area contributed by atoms with Crippen LogP contribution in [0.15, 0.2) is 40.9 Å². The van der Waals surface area contributed by atoms with Gasteiger partial charge >= 0.3 is 0 Å². The Kier molecular flexibility index (Phi) is 5.81. The average Bonchev–Trinajstić information content (AvgIpc) is 2.46. The summed E-state index contributed by atoms with van der Waals surface area (Å²) in [5.41, 5.74) is 1.65. The molecule has 2 nitrogen and oxygen atoms in total. The molecule has 0 saturated heterocycles. The molecular weight excluding hydrogens is 373 g/mol. The largest absolute Gasteiger partial charge is 0.481 e. The zero-order chi connectivity index (χ0) is 15.2. The van der Waals surface area contributed by atoms with Gasteiger partial charge in [0.05, 0.1) is 15.7 Å². The molecule has 0 atom stereocenters. The lowest BCUT2D eigenvalue weighted by Gasteiger charge is -2.14. The van der Waals surface area contributed by atoms with Gasteiger partial charge in [-0.15, -0.1) is 6.42 Å². The summed E-state index contributed by atoms with van der Waals surface area (Å²) in [5.74, 6) is 3.18. The predicted molar refractivity (Wildman–Crippen MR) is 92.3 cm³/mol. The van der Waals surface area contributed by atoms with Gasteiger partial charge in [-0.05, 0) is 30.3 Å². The van der Waals surface area contributed by atoms with E-state index in [1.807, 2.05) is 18.2 Å². The van der Waals surface area contributed by atoms with Crippen molar-refractivity contribution in [2.24, 2.45) is 0 Å². The van der Waals surface area contributed by atoms with E-state index in [0.29, 0.717) is 22.3 Å². The molecule has 0 aliphatic heterocycles. The van der Waals surface area contributed by atoms with Crippen molar-refractivity contribution in [1.82, 2.24) is 0 Å². The highest BCUT2D eigenvalue weighted by molar-refractivity contribution is 9.10. The third-order valence-corrected chi connectivity index (χ3v) is 3.88. The van der Waals surface area contributed by atoms with Gasteiger partial charge in [0, 0.05) is 16.6 Å². The predicted octanol–water partition coefficient (Wildman–Crippen LogP) is 5.38. The van der Waals surface area contributed by atoms with Gasteiger partial charge in [-0.3, -0.25) is 0 Å². The van der Waals surface area contributed by atoms with E-state index in [-0.39, 0.29) is 6.61 Å². The first kappa shape index (κ1) is 16.0. The minimum atomic E-state index is 0.224. The number of hydrogen-bond acceptors (Lipinski definition) is 2. The Morgan fingerprint density at radius 3 is 2.57 bits per heavy atom. The molecule has 108 valence electrons. The number of ether oxygens (including phenoxy) is 1. The van der Waals surface area contributed by atoms with Gasteiger partial charge in [-0.1, -0.05) is 51.1 Å². The van der Waals surface area contributed by atoms with Crippen molar-refractivity contribution in [1.29, 1.82) is 0 Å². The molecular formula is C16H12BrCl2NO. The highest BCUT2D eigenvalue weighted by atomic mass is 79.9.